The highest BCUT2D eigenvalue weighted by atomic mass is 16.2. The fraction of sp³-hybridized carbons (Fsp3) is 0.343. The third kappa shape index (κ3) is 6.97. The van der Waals surface area contributed by atoms with E-state index in [1.165, 1.54) is 12.5 Å². The molecule has 0 bridgehead atoms. The number of likely N-dealkylation sites (tertiary alicyclic amines) is 1. The first-order valence-corrected chi connectivity index (χ1v) is 15.0. The largest absolute Gasteiger partial charge is 0.361 e. The number of aromatic nitrogens is 1. The Balaban J connectivity index is 1.39. The molecule has 4 aromatic rings. The van der Waals surface area contributed by atoms with E-state index in [2.05, 4.69) is 39.9 Å². The molecule has 8 heteroatoms. The second-order valence-corrected chi connectivity index (χ2v) is 11.8. The number of H-pyrrole nitrogens is 1. The average molecular weight is 580 g/mol. The lowest BCUT2D eigenvalue weighted by atomic mass is 9.89. The number of piperidine rings is 1. The molecule has 0 radical (unpaired) electrons. The summed E-state index contributed by atoms with van der Waals surface area (Å²) in [7, 11) is 3.93. The predicted octanol–water partition coefficient (Wildman–Crippen LogP) is 6.13. The van der Waals surface area contributed by atoms with Gasteiger partial charge in [-0.15, -0.1) is 0 Å². The van der Waals surface area contributed by atoms with E-state index >= 15 is 0 Å². The van der Waals surface area contributed by atoms with Crippen molar-refractivity contribution in [3.8, 4) is 0 Å². The number of benzene rings is 3. The molecule has 1 aliphatic rings. The molecule has 3 aromatic carbocycles. The number of rotatable bonds is 9. The van der Waals surface area contributed by atoms with Gasteiger partial charge in [-0.05, 0) is 74.7 Å². The Kier molecular flexibility index (Phi) is 9.26. The van der Waals surface area contributed by atoms with E-state index in [0.29, 0.717) is 36.8 Å². The topological polar surface area (TPSA) is 97.5 Å². The number of Topliss-reactive ketones (excluding diaryl/α,β-unsaturated/α-hetero) is 1. The highest BCUT2D eigenvalue weighted by molar-refractivity contribution is 6.06. The van der Waals surface area contributed by atoms with Crippen LogP contribution in [-0.4, -0.2) is 65.7 Å². The van der Waals surface area contributed by atoms with E-state index in [1.54, 1.807) is 11.0 Å². The highest BCUT2D eigenvalue weighted by Gasteiger charge is 2.33. The lowest BCUT2D eigenvalue weighted by molar-refractivity contribution is -0.118. The fourth-order valence-corrected chi connectivity index (χ4v) is 6.11. The van der Waals surface area contributed by atoms with Gasteiger partial charge in [-0.3, -0.25) is 9.59 Å². The predicted molar refractivity (Wildman–Crippen MR) is 171 cm³/mol. The molecule has 3 amide bonds. The summed E-state index contributed by atoms with van der Waals surface area (Å²) in [5.41, 5.74) is 5.05. The van der Waals surface area contributed by atoms with E-state index in [0.717, 1.165) is 34.9 Å². The third-order valence-electron chi connectivity index (χ3n) is 8.45. The molecule has 224 valence electrons. The normalized spacial score (nSPS) is 15.3. The van der Waals surface area contributed by atoms with Crippen molar-refractivity contribution >= 4 is 34.3 Å². The minimum absolute atomic E-state index is 0.141. The molecule has 1 saturated heterocycles. The summed E-state index contributed by atoms with van der Waals surface area (Å²) in [6, 6.07) is 22.7. The molecule has 5 rings (SSSR count). The van der Waals surface area contributed by atoms with Crippen LogP contribution in [0.3, 0.4) is 0 Å². The van der Waals surface area contributed by atoms with Crippen molar-refractivity contribution in [3.63, 3.8) is 0 Å². The monoisotopic (exact) mass is 579 g/mol. The lowest BCUT2D eigenvalue weighted by Crippen LogP contribution is -2.53. The van der Waals surface area contributed by atoms with Crippen molar-refractivity contribution in [2.75, 3.05) is 32.5 Å². The second-order valence-electron chi connectivity index (χ2n) is 11.8. The number of ketones is 1. The summed E-state index contributed by atoms with van der Waals surface area (Å²) in [6.07, 6.45) is 3.64. The Bertz CT molecular complexity index is 1590. The number of hydrogen-bond donors (Lipinski definition) is 3. The van der Waals surface area contributed by atoms with Crippen LogP contribution in [0.1, 0.15) is 65.6 Å². The van der Waals surface area contributed by atoms with Crippen molar-refractivity contribution in [2.24, 2.45) is 0 Å². The van der Waals surface area contributed by atoms with Crippen LogP contribution in [0.15, 0.2) is 79.0 Å². The third-order valence-corrected chi connectivity index (χ3v) is 8.45. The number of carbonyl (C=O) groups excluding carboxylic acids is 3. The zero-order valence-corrected chi connectivity index (χ0v) is 25.4. The minimum Gasteiger partial charge on any atom is -0.361 e. The number of fused-ring (bicyclic) bond motifs is 1. The van der Waals surface area contributed by atoms with Crippen molar-refractivity contribution < 1.29 is 14.4 Å². The Labute approximate surface area is 253 Å². The molecule has 3 N–H and O–H groups in total. The molecule has 1 aliphatic heterocycles. The number of hydrogen-bond acceptors (Lipinski definition) is 4. The van der Waals surface area contributed by atoms with Crippen molar-refractivity contribution in [1.82, 2.24) is 20.1 Å². The molecule has 1 fully saturated rings. The maximum atomic E-state index is 14.1. The fourth-order valence-electron chi connectivity index (χ4n) is 6.11. The maximum Gasteiger partial charge on any atom is 0.318 e. The van der Waals surface area contributed by atoms with Gasteiger partial charge in [0.05, 0.1) is 5.69 Å². The van der Waals surface area contributed by atoms with Gasteiger partial charge in [0.15, 0.2) is 5.78 Å². The van der Waals surface area contributed by atoms with E-state index in [9.17, 15) is 14.4 Å². The number of nitrogens with one attached hydrogen (secondary N) is 3. The van der Waals surface area contributed by atoms with Gasteiger partial charge in [0.25, 0.3) is 0 Å². The number of para-hydroxylation sites is 1. The van der Waals surface area contributed by atoms with Crippen LogP contribution in [0.4, 0.5) is 10.5 Å². The van der Waals surface area contributed by atoms with Crippen LogP contribution in [-0.2, 0) is 11.3 Å². The van der Waals surface area contributed by atoms with Crippen LogP contribution in [0.2, 0.25) is 0 Å². The summed E-state index contributed by atoms with van der Waals surface area (Å²) in [5.74, 6) is -0.449. The summed E-state index contributed by atoms with van der Waals surface area (Å²) in [5, 5.41) is 7.09. The highest BCUT2D eigenvalue weighted by Crippen LogP contribution is 2.31. The maximum absolute atomic E-state index is 14.1. The molecular formula is C35H41N5O3. The van der Waals surface area contributed by atoms with E-state index < -0.39 is 6.04 Å². The molecule has 1 aromatic heterocycles. The molecule has 2 heterocycles. The van der Waals surface area contributed by atoms with Gasteiger partial charge in [0.2, 0.25) is 5.91 Å². The average Bonchev–Trinajstić information content (AvgIpc) is 3.44. The number of carbonyl (C=O) groups is 3. The SMILES string of the molecule is CC(=O)c1ccc(CN(C)C)cc1NC(=O)[C@H](NC(=O)N1CCC(c2ccccc2)CC1)[C@@H](C)c1c[nH]c2ccccc12. The van der Waals surface area contributed by atoms with Gasteiger partial charge < -0.3 is 25.4 Å². The van der Waals surface area contributed by atoms with Crippen molar-refractivity contribution in [3.05, 3.63) is 101 Å². The van der Waals surface area contributed by atoms with Crippen molar-refractivity contribution in [2.45, 2.75) is 51.1 Å². The molecular weight excluding hydrogens is 538 g/mol. The van der Waals surface area contributed by atoms with Crippen LogP contribution in [0, 0.1) is 0 Å². The van der Waals surface area contributed by atoms with Gasteiger partial charge in [-0.1, -0.05) is 61.5 Å². The van der Waals surface area contributed by atoms with Crippen molar-refractivity contribution in [1.29, 1.82) is 0 Å². The Morgan fingerprint density at radius 3 is 2.37 bits per heavy atom. The summed E-state index contributed by atoms with van der Waals surface area (Å²) < 4.78 is 0. The Morgan fingerprint density at radius 2 is 1.67 bits per heavy atom. The number of nitrogens with zero attached hydrogens (tertiary/aromatic N) is 2. The van der Waals surface area contributed by atoms with E-state index in [1.807, 2.05) is 74.6 Å². The van der Waals surface area contributed by atoms with Crippen LogP contribution in [0.25, 0.3) is 10.9 Å². The summed E-state index contributed by atoms with van der Waals surface area (Å²) in [4.78, 5) is 47.4. The molecule has 8 nitrogen and oxygen atoms in total. The van der Waals surface area contributed by atoms with Crippen LogP contribution < -0.4 is 10.6 Å². The van der Waals surface area contributed by atoms with Gasteiger partial charge in [-0.2, -0.15) is 0 Å². The number of aromatic amines is 1. The molecule has 0 spiro atoms. The van der Waals surface area contributed by atoms with E-state index in [-0.39, 0.29) is 23.6 Å². The van der Waals surface area contributed by atoms with Crippen LogP contribution >= 0.6 is 0 Å². The Morgan fingerprint density at radius 1 is 0.977 bits per heavy atom. The zero-order valence-electron chi connectivity index (χ0n) is 25.4. The Hall–Kier alpha value is -4.43. The minimum atomic E-state index is -0.879. The molecule has 0 saturated carbocycles. The lowest BCUT2D eigenvalue weighted by Gasteiger charge is -2.34. The molecule has 43 heavy (non-hydrogen) atoms. The zero-order chi connectivity index (χ0) is 30.5. The molecule has 0 unspecified atom stereocenters. The first kappa shape index (κ1) is 30.0. The number of amides is 3. The van der Waals surface area contributed by atoms with Gasteiger partial charge in [0.1, 0.15) is 6.04 Å². The quantitative estimate of drug-likeness (QED) is 0.208. The van der Waals surface area contributed by atoms with E-state index in [4.69, 9.17) is 0 Å². The number of urea groups is 1. The molecule has 0 aliphatic carbocycles. The van der Waals surface area contributed by atoms with Gasteiger partial charge in [-0.25, -0.2) is 4.79 Å². The number of anilines is 1. The first-order chi connectivity index (χ1) is 20.7. The van der Waals surface area contributed by atoms with Crippen LogP contribution in [0.5, 0.6) is 0 Å². The summed E-state index contributed by atoms with van der Waals surface area (Å²) >= 11 is 0. The van der Waals surface area contributed by atoms with Gasteiger partial charge >= 0.3 is 6.03 Å². The standard InChI is InChI=1S/C35H41N5O3/c1-23(30-21-36-31-13-9-8-12-29(30)31)33(34(42)37-32-20-25(22-39(3)4)14-15-28(32)24(2)41)38-35(43)40-18-16-27(17-19-40)26-10-6-5-7-11-26/h5-15,20-21,23,27,33,36H,16-19,22H2,1-4H3,(H,37,42)(H,38,43)/t23-,33+/m0/s1. The smallest absolute Gasteiger partial charge is 0.318 e. The molecule has 2 atom stereocenters. The first-order valence-electron chi connectivity index (χ1n) is 15.0. The second kappa shape index (κ2) is 13.3. The summed E-state index contributed by atoms with van der Waals surface area (Å²) in [6.45, 7) is 5.33. The van der Waals surface area contributed by atoms with Gasteiger partial charge in [0, 0.05) is 48.2 Å².